The topological polar surface area (TPSA) is 52.5 Å². The number of rotatable bonds is 6. The number of aliphatic hydroxyl groups is 2. The maximum atomic E-state index is 9.12. The van der Waals surface area contributed by atoms with Crippen LogP contribution in [0, 0.1) is 11.8 Å². The molecule has 3 nitrogen and oxygen atoms in total. The lowest BCUT2D eigenvalue weighted by molar-refractivity contribution is 0.0940. The Labute approximate surface area is 92.9 Å². The highest BCUT2D eigenvalue weighted by Gasteiger charge is 2.17. The maximum absolute atomic E-state index is 9.12. The van der Waals surface area contributed by atoms with Gasteiger partial charge in [-0.25, -0.2) is 0 Å². The third kappa shape index (κ3) is 5.50. The number of aliphatic hydroxyl groups excluding tert-OH is 2. The second-order valence-corrected chi connectivity index (χ2v) is 4.96. The van der Waals surface area contributed by atoms with Crippen LogP contribution in [0.2, 0.25) is 0 Å². The van der Waals surface area contributed by atoms with E-state index in [0.29, 0.717) is 6.54 Å². The molecule has 0 aromatic carbocycles. The summed E-state index contributed by atoms with van der Waals surface area (Å²) in [7, 11) is 0. The van der Waals surface area contributed by atoms with Gasteiger partial charge in [0.05, 0.1) is 12.7 Å². The van der Waals surface area contributed by atoms with Crippen LogP contribution in [0.4, 0.5) is 0 Å². The van der Waals surface area contributed by atoms with E-state index in [4.69, 9.17) is 10.2 Å². The molecule has 0 aromatic rings. The molecular formula is C12H25NO2. The van der Waals surface area contributed by atoms with E-state index < -0.39 is 6.10 Å². The molecule has 90 valence electrons. The molecule has 0 spiro atoms. The van der Waals surface area contributed by atoms with Crippen molar-refractivity contribution in [3.05, 3.63) is 0 Å². The fraction of sp³-hybridized carbons (Fsp3) is 1.00. The first kappa shape index (κ1) is 12.9. The second kappa shape index (κ2) is 7.20. The normalized spacial score (nSPS) is 29.0. The van der Waals surface area contributed by atoms with Crippen molar-refractivity contribution in [2.45, 2.75) is 45.1 Å². The van der Waals surface area contributed by atoms with Crippen molar-refractivity contribution >= 4 is 0 Å². The molecule has 0 aromatic heterocycles. The number of nitrogens with one attached hydrogen (secondary N) is 1. The first-order valence-electron chi connectivity index (χ1n) is 6.22. The lowest BCUT2D eigenvalue weighted by atomic mass is 9.81. The Morgan fingerprint density at radius 3 is 2.53 bits per heavy atom. The first-order valence-corrected chi connectivity index (χ1v) is 6.22. The summed E-state index contributed by atoms with van der Waals surface area (Å²) in [5.74, 6) is 1.80. The highest BCUT2D eigenvalue weighted by atomic mass is 16.3. The first-order chi connectivity index (χ1) is 7.22. The van der Waals surface area contributed by atoms with Gasteiger partial charge in [-0.3, -0.25) is 0 Å². The van der Waals surface area contributed by atoms with E-state index in [1.807, 2.05) is 0 Å². The van der Waals surface area contributed by atoms with E-state index in [2.05, 4.69) is 12.2 Å². The summed E-state index contributed by atoms with van der Waals surface area (Å²) in [6, 6.07) is 0. The Morgan fingerprint density at radius 1 is 1.27 bits per heavy atom. The average molecular weight is 215 g/mol. The van der Waals surface area contributed by atoms with Gasteiger partial charge in [-0.2, -0.15) is 0 Å². The van der Waals surface area contributed by atoms with Crippen molar-refractivity contribution in [1.29, 1.82) is 0 Å². The molecule has 3 N–H and O–H groups in total. The van der Waals surface area contributed by atoms with Crippen molar-refractivity contribution in [2.24, 2.45) is 11.8 Å². The highest BCUT2D eigenvalue weighted by Crippen LogP contribution is 2.29. The molecule has 0 heterocycles. The van der Waals surface area contributed by atoms with Gasteiger partial charge >= 0.3 is 0 Å². The molecule has 15 heavy (non-hydrogen) atoms. The molecule has 0 radical (unpaired) electrons. The summed E-state index contributed by atoms with van der Waals surface area (Å²) < 4.78 is 0. The van der Waals surface area contributed by atoms with E-state index in [-0.39, 0.29) is 6.61 Å². The lowest BCUT2D eigenvalue weighted by Gasteiger charge is -2.26. The Kier molecular flexibility index (Phi) is 6.22. The van der Waals surface area contributed by atoms with Gasteiger partial charge < -0.3 is 15.5 Å². The Hall–Kier alpha value is -0.120. The van der Waals surface area contributed by atoms with Crippen molar-refractivity contribution in [2.75, 3.05) is 19.7 Å². The van der Waals surface area contributed by atoms with Gasteiger partial charge in [0.15, 0.2) is 0 Å². The third-order valence-corrected chi connectivity index (χ3v) is 3.46. The van der Waals surface area contributed by atoms with Gasteiger partial charge in [-0.1, -0.05) is 32.6 Å². The van der Waals surface area contributed by atoms with Crippen LogP contribution in [-0.4, -0.2) is 36.0 Å². The van der Waals surface area contributed by atoms with Crippen molar-refractivity contribution in [1.82, 2.24) is 5.32 Å². The SMILES string of the molecule is CC1CCC(CCNC[C@H](O)CO)CC1. The summed E-state index contributed by atoms with van der Waals surface area (Å²) in [4.78, 5) is 0. The van der Waals surface area contributed by atoms with Crippen LogP contribution in [-0.2, 0) is 0 Å². The molecule has 1 aliphatic rings. The van der Waals surface area contributed by atoms with Crippen LogP contribution in [0.3, 0.4) is 0 Å². The molecule has 1 fully saturated rings. The molecule has 0 amide bonds. The van der Waals surface area contributed by atoms with E-state index in [1.165, 1.54) is 32.1 Å². The van der Waals surface area contributed by atoms with Gasteiger partial charge in [0.2, 0.25) is 0 Å². The van der Waals surface area contributed by atoms with Crippen LogP contribution < -0.4 is 5.32 Å². The minimum absolute atomic E-state index is 0.145. The lowest BCUT2D eigenvalue weighted by Crippen LogP contribution is -2.31. The molecule has 0 saturated heterocycles. The zero-order valence-electron chi connectivity index (χ0n) is 9.78. The molecule has 3 heteroatoms. The summed E-state index contributed by atoms with van der Waals surface area (Å²) in [5, 5.41) is 20.9. The van der Waals surface area contributed by atoms with Crippen molar-refractivity contribution in [3.63, 3.8) is 0 Å². The van der Waals surface area contributed by atoms with Crippen LogP contribution in [0.25, 0.3) is 0 Å². The van der Waals surface area contributed by atoms with Crippen LogP contribution in [0.1, 0.15) is 39.0 Å². The van der Waals surface area contributed by atoms with Gasteiger partial charge in [-0.15, -0.1) is 0 Å². The zero-order chi connectivity index (χ0) is 11.1. The second-order valence-electron chi connectivity index (χ2n) is 4.96. The molecule has 1 rings (SSSR count). The van der Waals surface area contributed by atoms with E-state index >= 15 is 0 Å². The van der Waals surface area contributed by atoms with Crippen molar-refractivity contribution < 1.29 is 10.2 Å². The molecule has 0 unspecified atom stereocenters. The number of hydrogen-bond acceptors (Lipinski definition) is 3. The van der Waals surface area contributed by atoms with E-state index in [9.17, 15) is 0 Å². The van der Waals surface area contributed by atoms with Crippen LogP contribution in [0.15, 0.2) is 0 Å². The molecule has 0 bridgehead atoms. The number of hydrogen-bond donors (Lipinski definition) is 3. The maximum Gasteiger partial charge on any atom is 0.0894 e. The van der Waals surface area contributed by atoms with Gasteiger partial charge in [0.25, 0.3) is 0 Å². The molecule has 0 aliphatic heterocycles. The molecule has 1 aliphatic carbocycles. The van der Waals surface area contributed by atoms with Crippen LogP contribution >= 0.6 is 0 Å². The third-order valence-electron chi connectivity index (χ3n) is 3.46. The molecular weight excluding hydrogens is 190 g/mol. The quantitative estimate of drug-likeness (QED) is 0.583. The largest absolute Gasteiger partial charge is 0.394 e. The smallest absolute Gasteiger partial charge is 0.0894 e. The summed E-state index contributed by atoms with van der Waals surface area (Å²) in [5.41, 5.74) is 0. The van der Waals surface area contributed by atoms with Gasteiger partial charge in [0, 0.05) is 6.54 Å². The predicted molar refractivity (Wildman–Crippen MR) is 61.7 cm³/mol. The Morgan fingerprint density at radius 2 is 1.93 bits per heavy atom. The highest BCUT2D eigenvalue weighted by molar-refractivity contribution is 4.71. The molecule has 1 saturated carbocycles. The zero-order valence-corrected chi connectivity index (χ0v) is 9.78. The van der Waals surface area contributed by atoms with Crippen LogP contribution in [0.5, 0.6) is 0 Å². The van der Waals surface area contributed by atoms with Gasteiger partial charge in [0.1, 0.15) is 0 Å². The van der Waals surface area contributed by atoms with Crippen molar-refractivity contribution in [3.8, 4) is 0 Å². The fourth-order valence-corrected chi connectivity index (χ4v) is 2.26. The predicted octanol–water partition coefficient (Wildman–Crippen LogP) is 1.15. The minimum Gasteiger partial charge on any atom is -0.394 e. The van der Waals surface area contributed by atoms with Gasteiger partial charge in [-0.05, 0) is 24.8 Å². The minimum atomic E-state index is -0.601. The summed E-state index contributed by atoms with van der Waals surface area (Å²) in [6.45, 7) is 3.68. The van der Waals surface area contributed by atoms with E-state index in [1.54, 1.807) is 0 Å². The Balaban J connectivity index is 1.96. The average Bonchev–Trinajstić information content (AvgIpc) is 2.26. The Bertz CT molecular complexity index is 156. The summed E-state index contributed by atoms with van der Waals surface area (Å²) in [6.07, 6.45) is 6.10. The molecule has 1 atom stereocenters. The fourth-order valence-electron chi connectivity index (χ4n) is 2.26. The summed E-state index contributed by atoms with van der Waals surface area (Å²) >= 11 is 0. The monoisotopic (exact) mass is 215 g/mol. The standard InChI is InChI=1S/C12H25NO2/c1-10-2-4-11(5-3-10)6-7-13-8-12(15)9-14/h10-15H,2-9H2,1H3/t10?,11?,12-/m0/s1. The van der Waals surface area contributed by atoms with E-state index in [0.717, 1.165) is 18.4 Å².